The second-order valence-electron chi connectivity index (χ2n) is 3.35. The zero-order chi connectivity index (χ0) is 12.1. The minimum absolute atomic E-state index is 0.0381. The predicted molar refractivity (Wildman–Crippen MR) is 60.7 cm³/mol. The normalized spacial score (nSPS) is 12.1. The summed E-state index contributed by atoms with van der Waals surface area (Å²) >= 11 is 0. The fraction of sp³-hybridized carbons (Fsp3) is 0.300. The quantitative estimate of drug-likeness (QED) is 0.418. The van der Waals surface area contributed by atoms with Crippen molar-refractivity contribution in [2.75, 3.05) is 24.6 Å². The lowest BCUT2D eigenvalue weighted by Gasteiger charge is -2.11. The van der Waals surface area contributed by atoms with Gasteiger partial charge in [-0.1, -0.05) is 6.07 Å². The van der Waals surface area contributed by atoms with E-state index in [-0.39, 0.29) is 17.8 Å². The molecule has 0 heterocycles. The molecule has 0 saturated carbocycles. The number of rotatable bonds is 4. The lowest BCUT2D eigenvalue weighted by Crippen LogP contribution is -2.34. The minimum atomic E-state index is -0.980. The Hall–Kier alpha value is -1.79. The Kier molecular flexibility index (Phi) is 4.10. The summed E-state index contributed by atoms with van der Waals surface area (Å²) in [6, 6.07) is 4.74. The average molecular weight is 225 g/mol. The molecule has 16 heavy (non-hydrogen) atoms. The Labute approximate surface area is 92.9 Å². The summed E-state index contributed by atoms with van der Waals surface area (Å²) in [6.07, 6.45) is -0.980. The Morgan fingerprint density at radius 2 is 2.12 bits per heavy atom. The van der Waals surface area contributed by atoms with Gasteiger partial charge in [0.15, 0.2) is 0 Å². The van der Waals surface area contributed by atoms with Crippen molar-refractivity contribution < 1.29 is 15.0 Å². The molecular formula is C10H15N3O3. The van der Waals surface area contributed by atoms with Gasteiger partial charge in [-0.25, -0.2) is 0 Å². The Morgan fingerprint density at radius 1 is 1.44 bits per heavy atom. The number of para-hydroxylation sites is 1. The number of nitrogen functional groups attached to an aromatic ring is 2. The van der Waals surface area contributed by atoms with Crippen molar-refractivity contribution in [3.63, 3.8) is 0 Å². The standard InChI is InChI=1S/C10H15N3O3/c11-8-3-1-2-7(9(8)12)10(16)13-4-6(15)5-14/h1-3,6,14-15H,4-5,11-12H2,(H,13,16). The van der Waals surface area contributed by atoms with Crippen LogP contribution in [0.1, 0.15) is 10.4 Å². The van der Waals surface area contributed by atoms with E-state index in [1.54, 1.807) is 12.1 Å². The van der Waals surface area contributed by atoms with Crippen LogP contribution >= 0.6 is 0 Å². The van der Waals surface area contributed by atoms with E-state index in [0.717, 1.165) is 0 Å². The zero-order valence-corrected chi connectivity index (χ0v) is 8.68. The first-order valence-corrected chi connectivity index (χ1v) is 4.77. The fourth-order valence-electron chi connectivity index (χ4n) is 1.15. The van der Waals surface area contributed by atoms with Crippen LogP contribution in [-0.4, -0.2) is 35.4 Å². The number of nitrogens with one attached hydrogen (secondary N) is 1. The van der Waals surface area contributed by atoms with Crippen molar-refractivity contribution in [2.45, 2.75) is 6.10 Å². The van der Waals surface area contributed by atoms with Crippen molar-refractivity contribution in [1.29, 1.82) is 0 Å². The molecule has 1 atom stereocenters. The molecule has 6 nitrogen and oxygen atoms in total. The van der Waals surface area contributed by atoms with Crippen LogP contribution in [0.25, 0.3) is 0 Å². The maximum absolute atomic E-state index is 11.6. The number of carbonyl (C=O) groups is 1. The molecule has 0 fully saturated rings. The molecule has 1 aromatic carbocycles. The highest BCUT2D eigenvalue weighted by Gasteiger charge is 2.12. The van der Waals surface area contributed by atoms with Gasteiger partial charge in [0.25, 0.3) is 5.91 Å². The maximum atomic E-state index is 11.6. The van der Waals surface area contributed by atoms with Crippen LogP contribution in [0.5, 0.6) is 0 Å². The molecule has 1 unspecified atom stereocenters. The topological polar surface area (TPSA) is 122 Å². The summed E-state index contributed by atoms with van der Waals surface area (Å²) in [7, 11) is 0. The molecule has 7 N–H and O–H groups in total. The largest absolute Gasteiger partial charge is 0.397 e. The zero-order valence-electron chi connectivity index (χ0n) is 8.68. The molecule has 88 valence electrons. The van der Waals surface area contributed by atoms with Gasteiger partial charge in [-0.2, -0.15) is 0 Å². The molecule has 1 rings (SSSR count). The number of hydrogen-bond donors (Lipinski definition) is 5. The number of nitrogens with two attached hydrogens (primary N) is 2. The summed E-state index contributed by atoms with van der Waals surface area (Å²) in [5, 5.41) is 20.1. The molecule has 1 amide bonds. The summed E-state index contributed by atoms with van der Waals surface area (Å²) in [6.45, 7) is -0.448. The van der Waals surface area contributed by atoms with Gasteiger partial charge in [0, 0.05) is 6.54 Å². The van der Waals surface area contributed by atoms with Crippen LogP contribution in [0.15, 0.2) is 18.2 Å². The molecular weight excluding hydrogens is 210 g/mol. The lowest BCUT2D eigenvalue weighted by molar-refractivity contribution is 0.0802. The van der Waals surface area contributed by atoms with E-state index in [1.165, 1.54) is 6.07 Å². The first-order valence-electron chi connectivity index (χ1n) is 4.77. The third-order valence-corrected chi connectivity index (χ3v) is 2.09. The van der Waals surface area contributed by atoms with Gasteiger partial charge in [0.1, 0.15) is 0 Å². The SMILES string of the molecule is Nc1cccc(C(=O)NCC(O)CO)c1N. The van der Waals surface area contributed by atoms with Gasteiger partial charge in [0.05, 0.1) is 29.6 Å². The van der Waals surface area contributed by atoms with Crippen molar-refractivity contribution in [1.82, 2.24) is 5.32 Å². The highest BCUT2D eigenvalue weighted by Crippen LogP contribution is 2.18. The molecule has 0 saturated heterocycles. The molecule has 0 radical (unpaired) electrons. The highest BCUT2D eigenvalue weighted by molar-refractivity contribution is 6.01. The van der Waals surface area contributed by atoms with Gasteiger partial charge in [-0.05, 0) is 12.1 Å². The number of aliphatic hydroxyl groups excluding tert-OH is 2. The Balaban J connectivity index is 2.70. The molecule has 0 aromatic heterocycles. The molecule has 0 aliphatic heterocycles. The van der Waals surface area contributed by atoms with Crippen molar-refractivity contribution in [3.8, 4) is 0 Å². The van der Waals surface area contributed by atoms with E-state index in [9.17, 15) is 4.79 Å². The highest BCUT2D eigenvalue weighted by atomic mass is 16.3. The summed E-state index contributed by atoms with van der Waals surface area (Å²) in [4.78, 5) is 11.6. The molecule has 6 heteroatoms. The number of carbonyl (C=O) groups excluding carboxylic acids is 1. The van der Waals surface area contributed by atoms with E-state index < -0.39 is 18.6 Å². The van der Waals surface area contributed by atoms with Gasteiger partial charge in [0.2, 0.25) is 0 Å². The van der Waals surface area contributed by atoms with Crippen LogP contribution in [0.2, 0.25) is 0 Å². The number of benzene rings is 1. The van der Waals surface area contributed by atoms with Gasteiger partial charge in [-0.15, -0.1) is 0 Å². The summed E-state index contributed by atoms with van der Waals surface area (Å²) < 4.78 is 0. The summed E-state index contributed by atoms with van der Waals surface area (Å²) in [5.74, 6) is -0.433. The van der Waals surface area contributed by atoms with Crippen LogP contribution in [-0.2, 0) is 0 Å². The minimum Gasteiger partial charge on any atom is -0.397 e. The molecule has 0 bridgehead atoms. The van der Waals surface area contributed by atoms with Crippen molar-refractivity contribution >= 4 is 17.3 Å². The van der Waals surface area contributed by atoms with Crippen LogP contribution < -0.4 is 16.8 Å². The smallest absolute Gasteiger partial charge is 0.253 e. The Bertz CT molecular complexity index is 382. The van der Waals surface area contributed by atoms with Gasteiger partial charge < -0.3 is 27.0 Å². The number of amides is 1. The molecule has 0 aliphatic rings. The first kappa shape index (κ1) is 12.3. The predicted octanol–water partition coefficient (Wildman–Crippen LogP) is -1.07. The van der Waals surface area contributed by atoms with Crippen molar-refractivity contribution in [2.24, 2.45) is 0 Å². The number of anilines is 2. The summed E-state index contributed by atoms with van der Waals surface area (Å²) in [5.41, 5.74) is 12.0. The van der Waals surface area contributed by atoms with E-state index in [4.69, 9.17) is 21.7 Å². The molecule has 1 aromatic rings. The molecule has 0 aliphatic carbocycles. The monoisotopic (exact) mass is 225 g/mol. The van der Waals surface area contributed by atoms with Gasteiger partial charge >= 0.3 is 0 Å². The van der Waals surface area contributed by atoms with Crippen molar-refractivity contribution in [3.05, 3.63) is 23.8 Å². The van der Waals surface area contributed by atoms with E-state index >= 15 is 0 Å². The van der Waals surface area contributed by atoms with Crippen LogP contribution in [0.3, 0.4) is 0 Å². The van der Waals surface area contributed by atoms with E-state index in [1.807, 2.05) is 0 Å². The lowest BCUT2D eigenvalue weighted by atomic mass is 10.1. The third kappa shape index (κ3) is 2.85. The van der Waals surface area contributed by atoms with E-state index in [2.05, 4.69) is 5.32 Å². The maximum Gasteiger partial charge on any atom is 0.253 e. The fourth-order valence-corrected chi connectivity index (χ4v) is 1.15. The number of hydrogen-bond acceptors (Lipinski definition) is 5. The number of aliphatic hydroxyl groups is 2. The van der Waals surface area contributed by atoms with Crippen LogP contribution in [0.4, 0.5) is 11.4 Å². The first-order chi connectivity index (χ1) is 7.56. The van der Waals surface area contributed by atoms with Gasteiger partial charge in [-0.3, -0.25) is 4.79 Å². The van der Waals surface area contributed by atoms with Crippen LogP contribution in [0, 0.1) is 0 Å². The second-order valence-corrected chi connectivity index (χ2v) is 3.35. The van der Waals surface area contributed by atoms with E-state index in [0.29, 0.717) is 5.69 Å². The average Bonchev–Trinajstić information content (AvgIpc) is 2.29. The third-order valence-electron chi connectivity index (χ3n) is 2.09. The molecule has 0 spiro atoms. The Morgan fingerprint density at radius 3 is 2.75 bits per heavy atom. The second kappa shape index (κ2) is 5.34.